The minimum absolute atomic E-state index is 0.381. The number of benzene rings is 2. The Bertz CT molecular complexity index is 1090. The van der Waals surface area contributed by atoms with Crippen molar-refractivity contribution >= 4 is 5.57 Å². The minimum atomic E-state index is 0.381. The van der Waals surface area contributed by atoms with Gasteiger partial charge < -0.3 is 10.1 Å². The third kappa shape index (κ3) is 9.55. The summed E-state index contributed by atoms with van der Waals surface area (Å²) in [6, 6.07) is 14.3. The molecule has 5 unspecified atom stereocenters. The molecule has 0 spiro atoms. The molecule has 42 heavy (non-hydrogen) atoms. The molecule has 0 aromatic heterocycles. The lowest BCUT2D eigenvalue weighted by Gasteiger charge is -2.36. The van der Waals surface area contributed by atoms with E-state index >= 15 is 0 Å². The van der Waals surface area contributed by atoms with Crippen molar-refractivity contribution in [2.45, 2.75) is 131 Å². The third-order valence-electron chi connectivity index (χ3n) is 10.3. The number of nitrogens with one attached hydrogen (secondary N) is 1. The molecule has 2 aliphatic heterocycles. The van der Waals surface area contributed by atoms with E-state index < -0.39 is 0 Å². The summed E-state index contributed by atoms with van der Waals surface area (Å²) in [6.07, 6.45) is 11.3. The maximum Gasteiger partial charge on any atom is 0.0609 e. The quantitative estimate of drug-likeness (QED) is 0.322. The Morgan fingerprint density at radius 3 is 2.33 bits per heavy atom. The summed E-state index contributed by atoms with van der Waals surface area (Å²) in [5.41, 5.74) is 10.0. The van der Waals surface area contributed by atoms with Crippen molar-refractivity contribution in [3.05, 3.63) is 76.4 Å². The van der Waals surface area contributed by atoms with Crippen LogP contribution >= 0.6 is 0 Å². The second-order valence-corrected chi connectivity index (χ2v) is 13.8. The largest absolute Gasteiger partial charge is 0.378 e. The Labute approximate surface area is 260 Å². The summed E-state index contributed by atoms with van der Waals surface area (Å²) in [6.45, 7) is 25.4. The second-order valence-electron chi connectivity index (χ2n) is 13.8. The van der Waals surface area contributed by atoms with Crippen molar-refractivity contribution in [3.63, 3.8) is 0 Å². The van der Waals surface area contributed by atoms with Gasteiger partial charge in [0.25, 0.3) is 0 Å². The molecule has 0 radical (unpaired) electrons. The van der Waals surface area contributed by atoms with Gasteiger partial charge in [-0.3, -0.25) is 0 Å². The first kappa shape index (κ1) is 34.6. The zero-order chi connectivity index (χ0) is 30.6. The van der Waals surface area contributed by atoms with E-state index in [2.05, 4.69) is 104 Å². The molecule has 1 saturated heterocycles. The monoisotopic (exact) mass is 573 g/mol. The van der Waals surface area contributed by atoms with Crippen molar-refractivity contribution in [1.82, 2.24) is 5.32 Å². The maximum absolute atomic E-state index is 6.38. The molecule has 2 nitrogen and oxygen atoms in total. The SMILES string of the molecule is C=C(C)c1ccc2c(c1)C(C(CC)C1CCCCO1)CNCC(c1ccc(C)cc1CCC)CC2.CCC(C)C(C)C. The van der Waals surface area contributed by atoms with Crippen molar-refractivity contribution < 1.29 is 4.74 Å². The average Bonchev–Trinajstić information content (AvgIpc) is 3.07. The van der Waals surface area contributed by atoms with Crippen LogP contribution in [0.3, 0.4) is 0 Å². The highest BCUT2D eigenvalue weighted by Crippen LogP contribution is 2.39. The number of fused-ring (bicyclic) bond motifs is 1. The molecule has 2 heteroatoms. The van der Waals surface area contributed by atoms with E-state index in [9.17, 15) is 0 Å². The van der Waals surface area contributed by atoms with E-state index in [1.165, 1.54) is 67.2 Å². The third-order valence-corrected chi connectivity index (χ3v) is 10.3. The van der Waals surface area contributed by atoms with Crippen LogP contribution in [0.15, 0.2) is 43.0 Å². The second kappa shape index (κ2) is 17.4. The number of aryl methyl sites for hydroxylation is 3. The normalized spacial score (nSPS) is 22.5. The summed E-state index contributed by atoms with van der Waals surface area (Å²) < 4.78 is 6.38. The van der Waals surface area contributed by atoms with Crippen molar-refractivity contribution in [1.29, 1.82) is 0 Å². The van der Waals surface area contributed by atoms with E-state index in [0.29, 0.717) is 23.9 Å². The highest BCUT2D eigenvalue weighted by atomic mass is 16.5. The van der Waals surface area contributed by atoms with E-state index in [4.69, 9.17) is 4.74 Å². The van der Waals surface area contributed by atoms with Crippen molar-refractivity contribution in [3.8, 4) is 0 Å². The minimum Gasteiger partial charge on any atom is -0.378 e. The first-order chi connectivity index (χ1) is 20.2. The van der Waals surface area contributed by atoms with Gasteiger partial charge in [0.1, 0.15) is 0 Å². The predicted octanol–water partition coefficient (Wildman–Crippen LogP) is 10.7. The van der Waals surface area contributed by atoms with E-state index in [1.54, 1.807) is 11.1 Å². The smallest absolute Gasteiger partial charge is 0.0609 e. The molecule has 5 atom stereocenters. The Morgan fingerprint density at radius 1 is 0.952 bits per heavy atom. The zero-order valence-corrected chi connectivity index (χ0v) is 28.5. The van der Waals surface area contributed by atoms with Gasteiger partial charge in [-0.05, 0) is 104 Å². The van der Waals surface area contributed by atoms with Gasteiger partial charge in [-0.15, -0.1) is 0 Å². The van der Waals surface area contributed by atoms with Crippen LogP contribution in [-0.2, 0) is 17.6 Å². The van der Waals surface area contributed by atoms with Gasteiger partial charge in [-0.2, -0.15) is 0 Å². The van der Waals surface area contributed by atoms with Gasteiger partial charge in [0.2, 0.25) is 0 Å². The van der Waals surface area contributed by atoms with E-state index in [0.717, 1.165) is 49.9 Å². The molecule has 0 aliphatic carbocycles. The number of hydrogen-bond acceptors (Lipinski definition) is 2. The average molecular weight is 574 g/mol. The van der Waals surface area contributed by atoms with Crippen LogP contribution in [0.5, 0.6) is 0 Å². The molecule has 2 aromatic carbocycles. The predicted molar refractivity (Wildman–Crippen MR) is 185 cm³/mol. The fraction of sp³-hybridized carbons (Fsp3) is 0.650. The van der Waals surface area contributed by atoms with Gasteiger partial charge in [-0.25, -0.2) is 0 Å². The topological polar surface area (TPSA) is 21.3 Å². The molecule has 234 valence electrons. The summed E-state index contributed by atoms with van der Waals surface area (Å²) in [5.74, 6) is 3.35. The van der Waals surface area contributed by atoms with E-state index in [-0.39, 0.29) is 0 Å². The van der Waals surface area contributed by atoms with Crippen molar-refractivity contribution in [2.24, 2.45) is 17.8 Å². The molecule has 4 rings (SSSR count). The first-order valence-electron chi connectivity index (χ1n) is 17.4. The number of hydrogen-bond donors (Lipinski definition) is 1. The standard InChI is InChI=1S/C33H47NO.C7H16/c1-6-10-27-19-24(5)12-17-30(27)28-16-14-25-13-15-26(23(3)4)20-31(25)32(22-34-21-28)29(7-2)33-11-8-9-18-35-33;1-5-7(4)6(2)3/h12-13,15,17,19-20,28-29,32-34H,3,6-11,14,16,18,21-22H2,1-2,4-5H3;6-7H,5H2,1-4H3. The summed E-state index contributed by atoms with van der Waals surface area (Å²) in [4.78, 5) is 0. The highest BCUT2D eigenvalue weighted by Gasteiger charge is 2.33. The maximum atomic E-state index is 6.38. The zero-order valence-electron chi connectivity index (χ0n) is 28.5. The number of allylic oxidation sites excluding steroid dienone is 1. The number of rotatable bonds is 9. The Balaban J connectivity index is 0.000000616. The summed E-state index contributed by atoms with van der Waals surface area (Å²) in [5, 5.41) is 3.98. The van der Waals surface area contributed by atoms with Gasteiger partial charge in [-0.1, -0.05) is 115 Å². The van der Waals surface area contributed by atoms with Gasteiger partial charge in [0, 0.05) is 25.6 Å². The lowest BCUT2D eigenvalue weighted by atomic mass is 9.76. The highest BCUT2D eigenvalue weighted by molar-refractivity contribution is 5.63. The first-order valence-corrected chi connectivity index (χ1v) is 17.4. The van der Waals surface area contributed by atoms with Crippen LogP contribution in [0.2, 0.25) is 0 Å². The molecule has 1 fully saturated rings. The van der Waals surface area contributed by atoms with Crippen molar-refractivity contribution in [2.75, 3.05) is 19.7 Å². The Kier molecular flexibility index (Phi) is 14.3. The summed E-state index contributed by atoms with van der Waals surface area (Å²) in [7, 11) is 0. The van der Waals surface area contributed by atoms with Gasteiger partial charge >= 0.3 is 0 Å². The summed E-state index contributed by atoms with van der Waals surface area (Å²) >= 11 is 0. The molecule has 0 amide bonds. The molecule has 2 aromatic rings. The molecular formula is C40H63NO. The van der Waals surface area contributed by atoms with E-state index in [1.807, 2.05) is 0 Å². The van der Waals surface area contributed by atoms with Crippen LogP contribution in [0.4, 0.5) is 0 Å². The molecule has 1 N–H and O–H groups in total. The lowest BCUT2D eigenvalue weighted by molar-refractivity contribution is -0.0295. The Morgan fingerprint density at radius 2 is 1.74 bits per heavy atom. The fourth-order valence-electron chi connectivity index (χ4n) is 7.04. The lowest BCUT2D eigenvalue weighted by Crippen LogP contribution is -2.37. The van der Waals surface area contributed by atoms with Crippen LogP contribution in [0.1, 0.15) is 139 Å². The molecule has 0 saturated carbocycles. The fourth-order valence-corrected chi connectivity index (χ4v) is 7.04. The Hall–Kier alpha value is -1.90. The van der Waals surface area contributed by atoms with Gasteiger partial charge in [0.05, 0.1) is 6.10 Å². The van der Waals surface area contributed by atoms with Crippen LogP contribution < -0.4 is 5.32 Å². The molecule has 0 bridgehead atoms. The van der Waals surface area contributed by atoms with Gasteiger partial charge in [0.15, 0.2) is 0 Å². The van der Waals surface area contributed by atoms with Crippen LogP contribution in [0.25, 0.3) is 5.57 Å². The molecule has 2 aliphatic rings. The number of ether oxygens (including phenoxy) is 1. The van der Waals surface area contributed by atoms with Crippen LogP contribution in [0, 0.1) is 24.7 Å². The van der Waals surface area contributed by atoms with Crippen LogP contribution in [-0.4, -0.2) is 25.8 Å². The molecule has 2 heterocycles. The molecular weight excluding hydrogens is 510 g/mol.